The minimum Gasteiger partial charge on any atom is -0.492 e. The van der Waals surface area contributed by atoms with Gasteiger partial charge in [-0.2, -0.15) is 0 Å². The summed E-state index contributed by atoms with van der Waals surface area (Å²) in [5.41, 5.74) is -0.0992. The van der Waals surface area contributed by atoms with E-state index < -0.39 is 28.8 Å². The van der Waals surface area contributed by atoms with E-state index in [0.29, 0.717) is 68.4 Å². The van der Waals surface area contributed by atoms with E-state index in [2.05, 4.69) is 9.89 Å². The van der Waals surface area contributed by atoms with Gasteiger partial charge in [0.25, 0.3) is 6.04 Å². The van der Waals surface area contributed by atoms with Crippen LogP contribution >= 0.6 is 0 Å². The molecule has 4 heterocycles. The van der Waals surface area contributed by atoms with Crippen molar-refractivity contribution in [2.75, 3.05) is 44.7 Å². The normalized spacial score (nSPS) is 19.7. The van der Waals surface area contributed by atoms with Crippen molar-refractivity contribution in [3.8, 4) is 5.75 Å². The summed E-state index contributed by atoms with van der Waals surface area (Å²) in [6.07, 6.45) is 3.38. The highest BCUT2D eigenvalue weighted by atomic mass is 19.1. The lowest BCUT2D eigenvalue weighted by atomic mass is 10.1. The van der Waals surface area contributed by atoms with Gasteiger partial charge in [0, 0.05) is 56.3 Å². The minimum atomic E-state index is -1.35. The van der Waals surface area contributed by atoms with E-state index in [9.17, 15) is 24.8 Å². The third-order valence-corrected chi connectivity index (χ3v) is 7.81. The monoisotopic (exact) mass is 553 g/mol. The first-order chi connectivity index (χ1) is 19.3. The molecule has 1 unspecified atom stereocenters. The fourth-order valence-corrected chi connectivity index (χ4v) is 5.67. The molecule has 1 N–H and O–H groups in total. The fraction of sp³-hybridized carbons (Fsp3) is 0.444. The summed E-state index contributed by atoms with van der Waals surface area (Å²) in [5.74, 6) is -0.690. The molecule has 13 heteroatoms. The van der Waals surface area contributed by atoms with Gasteiger partial charge in [-0.1, -0.05) is 0 Å². The maximum absolute atomic E-state index is 15.6. The van der Waals surface area contributed by atoms with Crippen LogP contribution in [-0.4, -0.2) is 77.1 Å². The number of hydrogen-bond donors (Lipinski definition) is 1. The lowest BCUT2D eigenvalue weighted by Gasteiger charge is -2.36. The number of carboxylic acid groups (broad SMARTS) is 1. The Morgan fingerprint density at radius 2 is 2.00 bits per heavy atom. The van der Waals surface area contributed by atoms with Crippen LogP contribution in [0.15, 0.2) is 38.6 Å². The highest BCUT2D eigenvalue weighted by Gasteiger charge is 2.35. The Morgan fingerprint density at radius 3 is 2.65 bits per heavy atom. The Balaban J connectivity index is 1.23. The summed E-state index contributed by atoms with van der Waals surface area (Å²) < 4.78 is 28.9. The van der Waals surface area contributed by atoms with Crippen LogP contribution in [0.2, 0.25) is 0 Å². The molecule has 2 fully saturated rings. The van der Waals surface area contributed by atoms with Crippen LogP contribution < -0.4 is 15.1 Å². The maximum atomic E-state index is 15.6. The lowest BCUT2D eigenvalue weighted by molar-refractivity contribution is -0.501. The van der Waals surface area contributed by atoms with Gasteiger partial charge in [0.05, 0.1) is 24.6 Å². The lowest BCUT2D eigenvalue weighted by Crippen LogP contribution is -2.46. The topological polar surface area (TPSA) is 144 Å². The van der Waals surface area contributed by atoms with Crippen molar-refractivity contribution in [3.05, 3.63) is 67.6 Å². The highest BCUT2D eigenvalue weighted by Crippen LogP contribution is 2.43. The van der Waals surface area contributed by atoms with Gasteiger partial charge in [-0.15, -0.1) is 0 Å². The number of hydrogen-bond acceptors (Lipinski definition) is 9. The number of furan rings is 1. The first kappa shape index (κ1) is 26.0. The summed E-state index contributed by atoms with van der Waals surface area (Å²) in [6, 6.07) is 3.83. The van der Waals surface area contributed by atoms with Crippen molar-refractivity contribution < 1.29 is 28.4 Å². The second-order valence-corrected chi connectivity index (χ2v) is 10.3. The fourth-order valence-electron chi connectivity index (χ4n) is 5.67. The number of anilines is 1. The third-order valence-electron chi connectivity index (χ3n) is 7.81. The zero-order chi connectivity index (χ0) is 28.1. The van der Waals surface area contributed by atoms with E-state index in [0.717, 1.165) is 18.9 Å². The smallest absolute Gasteiger partial charge is 0.341 e. The highest BCUT2D eigenvalue weighted by molar-refractivity contribution is 6.02. The Bertz CT molecular complexity index is 1600. The van der Waals surface area contributed by atoms with Crippen LogP contribution in [-0.2, 0) is 6.54 Å². The van der Waals surface area contributed by atoms with Gasteiger partial charge in [-0.05, 0) is 31.0 Å². The van der Waals surface area contributed by atoms with E-state index >= 15 is 4.39 Å². The summed E-state index contributed by atoms with van der Waals surface area (Å²) in [4.78, 5) is 43.9. The Morgan fingerprint density at radius 1 is 1.25 bits per heavy atom. The maximum Gasteiger partial charge on any atom is 0.341 e. The largest absolute Gasteiger partial charge is 0.492 e. The number of pyridine rings is 1. The molecular weight excluding hydrogens is 525 g/mol. The van der Waals surface area contributed by atoms with Crippen molar-refractivity contribution in [1.29, 1.82) is 0 Å². The van der Waals surface area contributed by atoms with Crippen LogP contribution in [0.25, 0.3) is 10.9 Å². The number of rotatable bonds is 8. The number of fused-ring (bicyclic) bond motifs is 1. The molecule has 3 aliphatic rings. The average Bonchev–Trinajstić information content (AvgIpc) is 3.46. The molecule has 210 valence electrons. The summed E-state index contributed by atoms with van der Waals surface area (Å²) in [7, 11) is 1.42. The van der Waals surface area contributed by atoms with Gasteiger partial charge in [0.1, 0.15) is 17.0 Å². The second kappa shape index (κ2) is 10.0. The van der Waals surface area contributed by atoms with Gasteiger partial charge >= 0.3 is 5.97 Å². The minimum absolute atomic E-state index is 0.0108. The number of aliphatic imine (C=N–C) groups is 1. The molecule has 6 rings (SSSR count). The van der Waals surface area contributed by atoms with Crippen molar-refractivity contribution >= 4 is 28.3 Å². The molecule has 1 atom stereocenters. The molecule has 12 nitrogen and oxygen atoms in total. The second-order valence-electron chi connectivity index (χ2n) is 10.3. The quantitative estimate of drug-likeness (QED) is 0.329. The van der Waals surface area contributed by atoms with E-state index in [1.54, 1.807) is 16.7 Å². The zero-order valence-corrected chi connectivity index (χ0v) is 21.8. The number of halogens is 1. The van der Waals surface area contributed by atoms with Crippen molar-refractivity contribution in [3.63, 3.8) is 0 Å². The van der Waals surface area contributed by atoms with Crippen molar-refractivity contribution in [2.24, 2.45) is 4.99 Å². The number of methoxy groups -OCH3 is 1. The molecule has 1 saturated carbocycles. The number of aromatic carboxylic acids is 1. The average molecular weight is 554 g/mol. The first-order valence-corrected chi connectivity index (χ1v) is 13.2. The summed E-state index contributed by atoms with van der Waals surface area (Å²) in [6.45, 7) is 3.02. The van der Waals surface area contributed by atoms with Gasteiger partial charge in [-0.3, -0.25) is 24.8 Å². The van der Waals surface area contributed by atoms with Gasteiger partial charge < -0.3 is 23.7 Å². The van der Waals surface area contributed by atoms with Crippen LogP contribution in [0.3, 0.4) is 0 Å². The van der Waals surface area contributed by atoms with Crippen LogP contribution in [0, 0.1) is 15.9 Å². The van der Waals surface area contributed by atoms with Gasteiger partial charge in [-0.25, -0.2) is 9.18 Å². The number of aromatic nitrogens is 1. The molecule has 2 aliphatic heterocycles. The van der Waals surface area contributed by atoms with E-state index in [1.807, 2.05) is 4.90 Å². The van der Waals surface area contributed by atoms with Crippen molar-refractivity contribution in [2.45, 2.75) is 37.9 Å². The molecule has 1 aliphatic carbocycles. The van der Waals surface area contributed by atoms with Crippen LogP contribution in [0.5, 0.6) is 5.75 Å². The Labute approximate surface area is 227 Å². The Kier molecular flexibility index (Phi) is 6.53. The molecule has 0 radical (unpaired) electrons. The third kappa shape index (κ3) is 4.49. The molecule has 1 saturated heterocycles. The van der Waals surface area contributed by atoms with Gasteiger partial charge in [0.15, 0.2) is 23.0 Å². The van der Waals surface area contributed by atoms with Crippen LogP contribution in [0.1, 0.15) is 47.2 Å². The van der Waals surface area contributed by atoms with Gasteiger partial charge in [0.2, 0.25) is 5.43 Å². The summed E-state index contributed by atoms with van der Waals surface area (Å²) >= 11 is 0. The molecular formula is C27H28FN5O7. The van der Waals surface area contributed by atoms with Crippen LogP contribution in [0.4, 0.5) is 10.1 Å². The molecule has 3 aromatic rings. The molecule has 1 aromatic carbocycles. The number of nitrogens with zero attached hydrogens (tertiary/aromatic N) is 5. The number of nitro groups is 1. The van der Waals surface area contributed by atoms with E-state index in [4.69, 9.17) is 9.15 Å². The number of benzene rings is 1. The predicted molar refractivity (Wildman–Crippen MR) is 143 cm³/mol. The zero-order valence-electron chi connectivity index (χ0n) is 21.8. The van der Waals surface area contributed by atoms with E-state index in [1.165, 1.54) is 13.3 Å². The predicted octanol–water partition coefficient (Wildman–Crippen LogP) is 2.94. The number of piperazine rings is 1. The molecule has 2 aromatic heterocycles. The molecule has 0 amide bonds. The Hall–Kier alpha value is -4.26. The molecule has 0 bridgehead atoms. The first-order valence-electron chi connectivity index (χ1n) is 13.2. The molecule has 0 spiro atoms. The van der Waals surface area contributed by atoms with Crippen molar-refractivity contribution in [1.82, 2.24) is 9.47 Å². The SMILES string of the molecule is COc1c(N2CCN(Cc3ccc(C4=NCCC4[N+](=O)[O-])o3)CC2)c(F)cc2c(=O)c(C(=O)O)cn(C3CC3)c12. The number of carboxylic acids is 1. The van der Waals surface area contributed by atoms with E-state index in [-0.39, 0.29) is 27.8 Å². The number of ether oxygens (including phenoxy) is 1. The molecule has 40 heavy (non-hydrogen) atoms. The number of carbonyl (C=O) groups is 1. The summed E-state index contributed by atoms with van der Waals surface area (Å²) in [5, 5.41) is 20.8. The standard InChI is InChI=1S/C27H28FN5O7/c1-39-26-23-17(25(34)18(27(35)36)14-32(23)15-2-3-15)12-19(28)24(26)31-10-8-30(9-11-31)13-16-4-5-21(40-16)22-20(33(37)38)6-7-29-22/h4-5,12,14-15,20H,2-3,6-11,13H2,1H3,(H,35,36).